The van der Waals surface area contributed by atoms with Gasteiger partial charge in [0.1, 0.15) is 0 Å². The monoisotopic (exact) mass is 417 g/mol. The van der Waals surface area contributed by atoms with Crippen molar-refractivity contribution >= 4 is 46.4 Å². The van der Waals surface area contributed by atoms with E-state index in [0.717, 1.165) is 0 Å². The van der Waals surface area contributed by atoms with Crippen molar-refractivity contribution in [1.82, 2.24) is 4.98 Å². The Morgan fingerprint density at radius 2 is 1.75 bits per heavy atom. The minimum Gasteiger partial charge on any atom is -0.147 e. The van der Waals surface area contributed by atoms with Gasteiger partial charge in [0.2, 0.25) is 0 Å². The second kappa shape index (κ2) is 7.97. The predicted octanol–water partition coefficient (Wildman–Crippen LogP) is 5.84. The van der Waals surface area contributed by atoms with E-state index in [9.17, 15) is 0 Å². The summed E-state index contributed by atoms with van der Waals surface area (Å²) in [5, 5.41) is 1.37. The van der Waals surface area contributed by atoms with Crippen LogP contribution in [0.1, 0.15) is 27.2 Å². The van der Waals surface area contributed by atoms with Crippen LogP contribution in [0.3, 0.4) is 0 Å². The number of aromatic amines is 1. The molecule has 0 bridgehead atoms. The van der Waals surface area contributed by atoms with E-state index >= 15 is 0 Å². The number of aromatic nitrogens is 1. The van der Waals surface area contributed by atoms with Gasteiger partial charge in [-0.15, -0.1) is 24.8 Å². The van der Waals surface area contributed by atoms with Crippen molar-refractivity contribution in [2.75, 3.05) is 0 Å². The number of para-hydroxylation sites is 1. The standard InChI is InChI=1S/C8H6N.C5H5.C4H9.C2H7Si.2ClH.Ti/c1-2-4-8-7(3-1)5-6-9-8;1-2-4-5-3-1;1-4(2)3;1-3-2;;;/h1-5,9H;1-3H,4H2;1-3H3;3H,1-2H3;2*1H;. The molecule has 0 spiro atoms. The predicted molar refractivity (Wildman–Crippen MR) is 113 cm³/mol. The Morgan fingerprint density at radius 3 is 2.25 bits per heavy atom. The van der Waals surface area contributed by atoms with Gasteiger partial charge in [0, 0.05) is 0 Å². The molecule has 1 aromatic carbocycles. The van der Waals surface area contributed by atoms with E-state index in [1.54, 1.807) is 7.88 Å². The van der Waals surface area contributed by atoms with Gasteiger partial charge in [0.15, 0.2) is 0 Å². The summed E-state index contributed by atoms with van der Waals surface area (Å²) in [6.07, 6.45) is 8.25. The second-order valence-corrected chi connectivity index (χ2v) is 25.8. The molecule has 1 aromatic heterocycles. The minimum atomic E-state index is -2.38. The Balaban J connectivity index is 0.00000144. The van der Waals surface area contributed by atoms with Crippen LogP contribution >= 0.6 is 24.8 Å². The van der Waals surface area contributed by atoms with Crippen LogP contribution in [-0.2, 0) is 15.8 Å². The van der Waals surface area contributed by atoms with Crippen molar-refractivity contribution < 1.29 is 15.8 Å². The number of rotatable bonds is 3. The van der Waals surface area contributed by atoms with Gasteiger partial charge in [0.25, 0.3) is 0 Å². The Hall–Kier alpha value is -0.249. The average Bonchev–Trinajstić information content (AvgIpc) is 3.06. The number of benzene rings is 1. The fraction of sp³-hybridized carbons (Fsp3) is 0.368. The van der Waals surface area contributed by atoms with Crippen molar-refractivity contribution in [3.63, 3.8) is 0 Å². The van der Waals surface area contributed by atoms with Crippen LogP contribution in [0, 0.1) is 0 Å². The van der Waals surface area contributed by atoms with Gasteiger partial charge < -0.3 is 0 Å². The van der Waals surface area contributed by atoms with Crippen molar-refractivity contribution in [3.8, 4) is 0 Å². The quantitative estimate of drug-likeness (QED) is 0.604. The molecule has 2 aromatic rings. The third-order valence-corrected chi connectivity index (χ3v) is 29.1. The van der Waals surface area contributed by atoms with Crippen molar-refractivity contribution in [2.24, 2.45) is 0 Å². The maximum Gasteiger partial charge on any atom is -0.147 e. The molecule has 1 atom stereocenters. The molecule has 1 heterocycles. The van der Waals surface area contributed by atoms with Crippen LogP contribution in [0.25, 0.3) is 10.9 Å². The first-order valence-corrected chi connectivity index (χ1v) is 16.2. The fourth-order valence-electron chi connectivity index (χ4n) is 4.63. The molecule has 24 heavy (non-hydrogen) atoms. The van der Waals surface area contributed by atoms with Crippen LogP contribution in [0.4, 0.5) is 0 Å². The van der Waals surface area contributed by atoms with Crippen LogP contribution in [0.15, 0.2) is 52.4 Å². The molecule has 0 saturated carbocycles. The normalized spacial score (nSPS) is 16.5. The maximum absolute atomic E-state index is 3.85. The molecular weight excluding hydrogens is 389 g/mol. The molecule has 0 fully saturated rings. The van der Waals surface area contributed by atoms with E-state index in [1.165, 1.54) is 17.3 Å². The van der Waals surface area contributed by atoms with Gasteiger partial charge in [-0.25, -0.2) is 0 Å². The molecule has 5 heteroatoms. The minimum absolute atomic E-state index is 0. The molecule has 3 rings (SSSR count). The number of nitrogens with one attached hydrogen (secondary N) is 1. The summed E-state index contributed by atoms with van der Waals surface area (Å²) in [5.74, 6) is 0. The van der Waals surface area contributed by atoms with Crippen molar-refractivity contribution in [2.45, 2.75) is 44.0 Å². The maximum atomic E-state index is 3.85. The van der Waals surface area contributed by atoms with Gasteiger partial charge in [-0.1, -0.05) is 0 Å². The van der Waals surface area contributed by atoms with Crippen LogP contribution in [-0.4, -0.2) is 11.6 Å². The van der Waals surface area contributed by atoms with Gasteiger partial charge >= 0.3 is 139 Å². The van der Waals surface area contributed by atoms with E-state index in [2.05, 4.69) is 87.4 Å². The first kappa shape index (κ1) is 21.8. The Morgan fingerprint density at radius 1 is 1.08 bits per heavy atom. The molecule has 0 saturated heterocycles. The fourth-order valence-corrected chi connectivity index (χ4v) is 29.4. The summed E-state index contributed by atoms with van der Waals surface area (Å²) < 4.78 is 3.77. The smallest absolute Gasteiger partial charge is 0.147 e. The largest absolute Gasteiger partial charge is 0.147 e. The van der Waals surface area contributed by atoms with Crippen LogP contribution < -0.4 is 4.00 Å². The summed E-state index contributed by atoms with van der Waals surface area (Å²) in [7, 11) is 0. The topological polar surface area (TPSA) is 15.8 Å². The summed E-state index contributed by atoms with van der Waals surface area (Å²) in [5.41, 5.74) is 1.30. The van der Waals surface area contributed by atoms with E-state index in [1.807, 2.05) is 0 Å². The third kappa shape index (κ3) is 3.37. The average molecular weight is 418 g/mol. The van der Waals surface area contributed by atoms with Gasteiger partial charge in [0.05, 0.1) is 0 Å². The summed E-state index contributed by atoms with van der Waals surface area (Å²) in [6.45, 7) is 11.8. The van der Waals surface area contributed by atoms with E-state index in [4.69, 9.17) is 0 Å². The Labute approximate surface area is 163 Å². The molecule has 1 aliphatic carbocycles. The molecule has 1 unspecified atom stereocenters. The van der Waals surface area contributed by atoms with E-state index < -0.39 is 22.5 Å². The molecule has 132 valence electrons. The second-order valence-electron chi connectivity index (χ2n) is 7.81. The first-order chi connectivity index (χ1) is 10.4. The zero-order valence-electron chi connectivity index (χ0n) is 15.2. The number of hydrogen-bond donors (Lipinski definition) is 1. The van der Waals surface area contributed by atoms with E-state index in [-0.39, 0.29) is 24.8 Å². The number of H-pyrrole nitrogens is 1. The van der Waals surface area contributed by atoms with Gasteiger partial charge in [-0.3, -0.25) is 0 Å². The molecule has 1 nitrogen and oxygen atoms in total. The summed E-state index contributed by atoms with van der Waals surface area (Å²) >= 11 is -2.38. The summed E-state index contributed by atoms with van der Waals surface area (Å²) in [4.78, 5) is 3.85. The van der Waals surface area contributed by atoms with Crippen molar-refractivity contribution in [3.05, 3.63) is 52.4 Å². The molecule has 0 aliphatic heterocycles. The number of fused-ring (bicyclic) bond motifs is 1. The Kier molecular flexibility index (Phi) is 7.24. The van der Waals surface area contributed by atoms with Gasteiger partial charge in [-0.2, -0.15) is 0 Å². The SMILES string of the molecule is C[SiH](C)[Ti]([C]1=CC=CC1)([c]1cc2ccccc2[nH]1)[C](C)(C)C.Cl.Cl. The zero-order chi connectivity index (χ0) is 16.0. The van der Waals surface area contributed by atoms with Crippen molar-refractivity contribution in [1.29, 1.82) is 0 Å². The Bertz CT molecular complexity index is 725. The number of halogens is 2. The first-order valence-electron chi connectivity index (χ1n) is 8.32. The molecule has 1 aliphatic rings. The molecule has 0 radical (unpaired) electrons. The molecular formula is C19H29Cl2NSiTi. The van der Waals surface area contributed by atoms with Crippen LogP contribution in [0.5, 0.6) is 0 Å². The number of hydrogen-bond acceptors (Lipinski definition) is 0. The third-order valence-electron chi connectivity index (χ3n) is 5.28. The van der Waals surface area contributed by atoms with Crippen LogP contribution in [0.2, 0.25) is 16.8 Å². The number of allylic oxidation sites excluding steroid dienone is 4. The van der Waals surface area contributed by atoms with E-state index in [0.29, 0.717) is 3.72 Å². The van der Waals surface area contributed by atoms with Gasteiger partial charge in [-0.05, 0) is 0 Å². The zero-order valence-corrected chi connectivity index (χ0v) is 19.6. The summed E-state index contributed by atoms with van der Waals surface area (Å²) in [6, 6.07) is 11.2. The molecule has 0 amide bonds. The molecule has 1 N–H and O–H groups in total.